The summed E-state index contributed by atoms with van der Waals surface area (Å²) in [5.41, 5.74) is 2.62. The second kappa shape index (κ2) is 11.8. The molecule has 0 aliphatic carbocycles. The molecule has 38 heavy (non-hydrogen) atoms. The molecule has 0 saturated carbocycles. The molecule has 0 saturated heterocycles. The van der Waals surface area contributed by atoms with Gasteiger partial charge in [-0.15, -0.1) is 0 Å². The molecule has 1 heterocycles. The summed E-state index contributed by atoms with van der Waals surface area (Å²) >= 11 is 0. The number of hydrogen-bond acceptors (Lipinski definition) is 7. The van der Waals surface area contributed by atoms with Gasteiger partial charge in [-0.3, -0.25) is 4.79 Å². The van der Waals surface area contributed by atoms with Crippen LogP contribution in [0.1, 0.15) is 41.0 Å². The lowest BCUT2D eigenvalue weighted by Gasteiger charge is -2.17. The molecule has 0 unspecified atom stereocenters. The maximum atomic E-state index is 13.3. The zero-order valence-corrected chi connectivity index (χ0v) is 23.0. The molecule has 1 amide bonds. The van der Waals surface area contributed by atoms with Gasteiger partial charge in [0.05, 0.1) is 12.3 Å². The third-order valence-corrected chi connectivity index (χ3v) is 7.39. The van der Waals surface area contributed by atoms with E-state index in [9.17, 15) is 23.1 Å². The predicted octanol–water partition coefficient (Wildman–Crippen LogP) is 3.81. The smallest absolute Gasteiger partial charge is 0.356 e. The average molecular weight is 545 g/mol. The molecule has 3 N–H and O–H groups in total. The fraction of sp³-hybridized carbons (Fsp3) is 0.346. The molecule has 0 spiro atoms. The number of hydrogen-bond donors (Lipinski definition) is 3. The molecule has 0 atom stereocenters. The van der Waals surface area contributed by atoms with Crippen LogP contribution in [-0.2, 0) is 19.6 Å². The molecule has 0 aliphatic heterocycles. The number of aromatic carboxylic acids is 1. The lowest BCUT2D eigenvalue weighted by atomic mass is 10.1. The standard InChI is InChI=1S/C26H32N4O7S/c1-15(2)24(31)28-19-10-11-21(22(14-19)38(34,35)27-12-13-36-6)37-25-18(5)23(26(32)33)29-30(25)20-9-7-8-16(3)17(20)4/h7-11,14-15,27H,12-13H2,1-6H3,(H,28,31)(H,32,33). The number of amides is 1. The van der Waals surface area contributed by atoms with Crippen molar-refractivity contribution in [2.75, 3.05) is 25.6 Å². The molecular formula is C26H32N4O7S. The van der Waals surface area contributed by atoms with Crippen LogP contribution in [0.15, 0.2) is 41.3 Å². The number of anilines is 1. The van der Waals surface area contributed by atoms with E-state index in [0.29, 0.717) is 5.69 Å². The molecule has 0 aliphatic rings. The monoisotopic (exact) mass is 544 g/mol. The van der Waals surface area contributed by atoms with Crippen molar-refractivity contribution < 1.29 is 32.6 Å². The number of sulfonamides is 1. The van der Waals surface area contributed by atoms with Crippen LogP contribution in [0, 0.1) is 26.7 Å². The Morgan fingerprint density at radius 3 is 2.45 bits per heavy atom. The number of carboxylic acids is 1. The summed E-state index contributed by atoms with van der Waals surface area (Å²) in [6.07, 6.45) is 0. The fourth-order valence-corrected chi connectivity index (χ4v) is 4.72. The molecule has 3 rings (SSSR count). The van der Waals surface area contributed by atoms with Crippen LogP contribution in [0.25, 0.3) is 5.69 Å². The second-order valence-corrected chi connectivity index (χ2v) is 10.7. The molecule has 0 bridgehead atoms. The van der Waals surface area contributed by atoms with Gasteiger partial charge < -0.3 is 19.9 Å². The number of nitrogens with one attached hydrogen (secondary N) is 2. The highest BCUT2D eigenvalue weighted by Gasteiger charge is 2.27. The van der Waals surface area contributed by atoms with Crippen LogP contribution in [0.5, 0.6) is 11.6 Å². The number of carboxylic acid groups (broad SMARTS) is 1. The number of benzene rings is 2. The Labute approximate surface area is 221 Å². The summed E-state index contributed by atoms with van der Waals surface area (Å²) in [7, 11) is -2.68. The van der Waals surface area contributed by atoms with Crippen molar-refractivity contribution in [2.24, 2.45) is 5.92 Å². The molecule has 1 aromatic heterocycles. The summed E-state index contributed by atoms with van der Waals surface area (Å²) in [4.78, 5) is 23.9. The number of ether oxygens (including phenoxy) is 2. The molecule has 0 fully saturated rings. The topological polar surface area (TPSA) is 149 Å². The van der Waals surface area contributed by atoms with Crippen LogP contribution < -0.4 is 14.8 Å². The first-order valence-electron chi connectivity index (χ1n) is 11.9. The highest BCUT2D eigenvalue weighted by atomic mass is 32.2. The van der Waals surface area contributed by atoms with Gasteiger partial charge in [0.2, 0.25) is 21.8 Å². The van der Waals surface area contributed by atoms with Gasteiger partial charge >= 0.3 is 5.97 Å². The van der Waals surface area contributed by atoms with Crippen molar-refractivity contribution in [3.63, 3.8) is 0 Å². The Morgan fingerprint density at radius 1 is 1.11 bits per heavy atom. The SMILES string of the molecule is COCCNS(=O)(=O)c1cc(NC(=O)C(C)C)ccc1Oc1c(C)c(C(=O)O)nn1-c1cccc(C)c1C. The van der Waals surface area contributed by atoms with Crippen LogP contribution in [0.2, 0.25) is 0 Å². The van der Waals surface area contributed by atoms with Crippen molar-refractivity contribution in [3.05, 3.63) is 58.8 Å². The van der Waals surface area contributed by atoms with Crippen molar-refractivity contribution in [1.29, 1.82) is 0 Å². The summed E-state index contributed by atoms with van der Waals surface area (Å²) in [5.74, 6) is -1.90. The van der Waals surface area contributed by atoms with Crippen molar-refractivity contribution >= 4 is 27.6 Å². The Kier molecular flexibility index (Phi) is 8.92. The Hall–Kier alpha value is -3.74. The molecule has 12 heteroatoms. The van der Waals surface area contributed by atoms with Gasteiger partial charge in [0, 0.05) is 30.8 Å². The van der Waals surface area contributed by atoms with Crippen LogP contribution >= 0.6 is 0 Å². The Morgan fingerprint density at radius 2 is 1.82 bits per heavy atom. The predicted molar refractivity (Wildman–Crippen MR) is 142 cm³/mol. The third-order valence-electron chi connectivity index (χ3n) is 5.91. The third kappa shape index (κ3) is 6.21. The maximum Gasteiger partial charge on any atom is 0.356 e. The zero-order valence-electron chi connectivity index (χ0n) is 22.2. The van der Waals surface area contributed by atoms with Crippen molar-refractivity contribution in [1.82, 2.24) is 14.5 Å². The van der Waals surface area contributed by atoms with Gasteiger partial charge in [0.15, 0.2) is 5.69 Å². The number of aromatic nitrogens is 2. The van der Waals surface area contributed by atoms with E-state index in [1.807, 2.05) is 19.9 Å². The maximum absolute atomic E-state index is 13.3. The lowest BCUT2D eigenvalue weighted by Crippen LogP contribution is -2.28. The Bertz CT molecular complexity index is 1460. The van der Waals surface area contributed by atoms with Crippen LogP contribution in [0.3, 0.4) is 0 Å². The molecule has 11 nitrogen and oxygen atoms in total. The fourth-order valence-electron chi connectivity index (χ4n) is 3.56. The summed E-state index contributed by atoms with van der Waals surface area (Å²) in [6.45, 7) is 8.89. The van der Waals surface area contributed by atoms with Gasteiger partial charge in [0.25, 0.3) is 0 Å². The minimum absolute atomic E-state index is 0.00344. The van der Waals surface area contributed by atoms with Crippen molar-refractivity contribution in [2.45, 2.75) is 39.5 Å². The van der Waals surface area contributed by atoms with E-state index in [2.05, 4.69) is 15.1 Å². The van der Waals surface area contributed by atoms with Gasteiger partial charge in [-0.1, -0.05) is 26.0 Å². The highest BCUT2D eigenvalue weighted by Crippen LogP contribution is 2.36. The first kappa shape index (κ1) is 28.8. The summed E-state index contributed by atoms with van der Waals surface area (Å²) in [6, 6.07) is 9.69. The lowest BCUT2D eigenvalue weighted by molar-refractivity contribution is -0.118. The second-order valence-electron chi connectivity index (χ2n) is 9.01. The molecule has 204 valence electrons. The first-order chi connectivity index (χ1) is 17.9. The van der Waals surface area contributed by atoms with Crippen LogP contribution in [0.4, 0.5) is 5.69 Å². The quantitative estimate of drug-likeness (QED) is 0.309. The average Bonchev–Trinajstić information content (AvgIpc) is 3.17. The normalized spacial score (nSPS) is 11.6. The van der Waals surface area contributed by atoms with E-state index < -0.39 is 16.0 Å². The van der Waals surface area contributed by atoms with Gasteiger partial charge in [-0.25, -0.2) is 17.9 Å². The number of carbonyl (C=O) groups is 2. The molecule has 2 aromatic carbocycles. The number of rotatable bonds is 11. The zero-order chi connectivity index (χ0) is 28.2. The van der Waals surface area contributed by atoms with Gasteiger partial charge in [-0.2, -0.15) is 9.78 Å². The first-order valence-corrected chi connectivity index (χ1v) is 13.4. The number of carbonyl (C=O) groups excluding carboxylic acids is 1. The van der Waals surface area contributed by atoms with E-state index in [-0.39, 0.29) is 58.4 Å². The number of nitrogens with zero attached hydrogens (tertiary/aromatic N) is 2. The van der Waals surface area contributed by atoms with Gasteiger partial charge in [0.1, 0.15) is 10.6 Å². The van der Waals surface area contributed by atoms with E-state index >= 15 is 0 Å². The van der Waals surface area contributed by atoms with E-state index in [1.54, 1.807) is 26.0 Å². The minimum atomic E-state index is -4.13. The van der Waals surface area contributed by atoms with E-state index in [1.165, 1.54) is 36.9 Å². The molecule has 3 aromatic rings. The van der Waals surface area contributed by atoms with Gasteiger partial charge in [-0.05, 0) is 56.2 Å². The number of methoxy groups -OCH3 is 1. The summed E-state index contributed by atoms with van der Waals surface area (Å²) < 4.78 is 41.4. The molecular weight excluding hydrogens is 512 g/mol. The van der Waals surface area contributed by atoms with E-state index in [4.69, 9.17) is 9.47 Å². The minimum Gasteiger partial charge on any atom is -0.476 e. The summed E-state index contributed by atoms with van der Waals surface area (Å²) in [5, 5.41) is 16.7. The van der Waals surface area contributed by atoms with Crippen LogP contribution in [-0.4, -0.2) is 55.4 Å². The Balaban J connectivity index is 2.18. The van der Waals surface area contributed by atoms with Crippen molar-refractivity contribution in [3.8, 4) is 17.3 Å². The largest absolute Gasteiger partial charge is 0.476 e. The van der Waals surface area contributed by atoms with E-state index in [0.717, 1.165) is 11.1 Å². The molecule has 0 radical (unpaired) electrons. The number of aryl methyl sites for hydroxylation is 1. The highest BCUT2D eigenvalue weighted by molar-refractivity contribution is 7.89.